The number of hydrogen-bond donors (Lipinski definition) is 1. The summed E-state index contributed by atoms with van der Waals surface area (Å²) in [5.41, 5.74) is 1.20. The number of rotatable bonds is 8. The van der Waals surface area contributed by atoms with Gasteiger partial charge in [0.15, 0.2) is 11.5 Å². The van der Waals surface area contributed by atoms with E-state index in [1.807, 2.05) is 12.1 Å². The van der Waals surface area contributed by atoms with E-state index < -0.39 is 0 Å². The number of ether oxygens (including phenoxy) is 2. The van der Waals surface area contributed by atoms with Gasteiger partial charge in [0.1, 0.15) is 13.2 Å². The van der Waals surface area contributed by atoms with Crippen LogP contribution in [-0.4, -0.2) is 19.3 Å². The van der Waals surface area contributed by atoms with Gasteiger partial charge in [-0.3, -0.25) is 0 Å². The zero-order valence-corrected chi connectivity index (χ0v) is 12.8. The van der Waals surface area contributed by atoms with E-state index in [0.717, 1.165) is 18.0 Å². The van der Waals surface area contributed by atoms with Crippen molar-refractivity contribution in [2.75, 3.05) is 13.2 Å². The molecule has 3 nitrogen and oxygen atoms in total. The average molecular weight is 277 g/mol. The van der Waals surface area contributed by atoms with Crippen LogP contribution in [0.4, 0.5) is 0 Å². The fraction of sp³-hybridized carbons (Fsp3) is 0.647. The first-order valence-corrected chi connectivity index (χ1v) is 7.92. The van der Waals surface area contributed by atoms with E-state index in [1.165, 1.54) is 37.7 Å². The van der Waals surface area contributed by atoms with Crippen molar-refractivity contribution in [3.63, 3.8) is 0 Å². The first-order valence-electron chi connectivity index (χ1n) is 7.92. The fourth-order valence-electron chi connectivity index (χ4n) is 2.54. The SMILES string of the molecule is CCCCCCC(C)NCc1cccc2c1OCCO2. The largest absolute Gasteiger partial charge is 0.486 e. The molecule has 3 heteroatoms. The van der Waals surface area contributed by atoms with Gasteiger partial charge in [0, 0.05) is 18.2 Å². The van der Waals surface area contributed by atoms with Crippen molar-refractivity contribution in [1.29, 1.82) is 0 Å². The van der Waals surface area contributed by atoms with Gasteiger partial charge in [0.05, 0.1) is 0 Å². The van der Waals surface area contributed by atoms with E-state index in [9.17, 15) is 0 Å². The quantitative estimate of drug-likeness (QED) is 0.731. The zero-order valence-electron chi connectivity index (χ0n) is 12.8. The van der Waals surface area contributed by atoms with Gasteiger partial charge < -0.3 is 14.8 Å². The van der Waals surface area contributed by atoms with E-state index in [2.05, 4.69) is 25.2 Å². The summed E-state index contributed by atoms with van der Waals surface area (Å²) >= 11 is 0. The Hall–Kier alpha value is -1.22. The topological polar surface area (TPSA) is 30.5 Å². The van der Waals surface area contributed by atoms with Gasteiger partial charge in [-0.05, 0) is 19.4 Å². The zero-order chi connectivity index (χ0) is 14.2. The summed E-state index contributed by atoms with van der Waals surface area (Å²) in [7, 11) is 0. The number of hydrogen-bond acceptors (Lipinski definition) is 3. The average Bonchev–Trinajstić information content (AvgIpc) is 2.49. The van der Waals surface area contributed by atoms with Crippen molar-refractivity contribution in [3.8, 4) is 11.5 Å². The molecular formula is C17H27NO2. The highest BCUT2D eigenvalue weighted by molar-refractivity contribution is 5.47. The van der Waals surface area contributed by atoms with Gasteiger partial charge >= 0.3 is 0 Å². The second-order valence-corrected chi connectivity index (χ2v) is 5.57. The van der Waals surface area contributed by atoms with E-state index >= 15 is 0 Å². The standard InChI is InChI=1S/C17H27NO2/c1-3-4-5-6-8-14(2)18-13-15-9-7-10-16-17(15)20-12-11-19-16/h7,9-10,14,18H,3-6,8,11-13H2,1-2H3. The van der Waals surface area contributed by atoms with E-state index in [-0.39, 0.29) is 0 Å². The summed E-state index contributed by atoms with van der Waals surface area (Å²) in [6, 6.07) is 6.68. The predicted octanol–water partition coefficient (Wildman–Crippen LogP) is 3.91. The lowest BCUT2D eigenvalue weighted by Crippen LogP contribution is -2.26. The Morgan fingerprint density at radius 3 is 2.85 bits per heavy atom. The molecule has 1 N–H and O–H groups in total. The first-order chi connectivity index (χ1) is 9.81. The summed E-state index contributed by atoms with van der Waals surface area (Å²) in [5, 5.41) is 3.59. The Kier molecular flexibility index (Phi) is 6.19. The van der Waals surface area contributed by atoms with E-state index in [0.29, 0.717) is 19.3 Å². The molecule has 0 aromatic heterocycles. The van der Waals surface area contributed by atoms with Crippen molar-refractivity contribution >= 4 is 0 Å². The minimum atomic E-state index is 0.548. The second kappa shape index (κ2) is 8.15. The molecule has 2 rings (SSSR count). The number of fused-ring (bicyclic) bond motifs is 1. The number of benzene rings is 1. The summed E-state index contributed by atoms with van der Waals surface area (Å²) in [5.74, 6) is 1.80. The molecule has 20 heavy (non-hydrogen) atoms. The molecule has 112 valence electrons. The van der Waals surface area contributed by atoms with Crippen LogP contribution in [0.2, 0.25) is 0 Å². The third-order valence-corrected chi connectivity index (χ3v) is 3.78. The summed E-state index contributed by atoms with van der Waals surface area (Å²) in [6.45, 7) is 6.66. The van der Waals surface area contributed by atoms with Crippen molar-refractivity contribution in [2.45, 2.75) is 58.5 Å². The summed E-state index contributed by atoms with van der Waals surface area (Å²) in [6.07, 6.45) is 6.56. The lowest BCUT2D eigenvalue weighted by atomic mass is 10.1. The second-order valence-electron chi connectivity index (χ2n) is 5.57. The fourth-order valence-corrected chi connectivity index (χ4v) is 2.54. The van der Waals surface area contributed by atoms with Gasteiger partial charge in [-0.2, -0.15) is 0 Å². The van der Waals surface area contributed by atoms with Crippen LogP contribution < -0.4 is 14.8 Å². The monoisotopic (exact) mass is 277 g/mol. The number of unbranched alkanes of at least 4 members (excludes halogenated alkanes) is 3. The van der Waals surface area contributed by atoms with Crippen LogP contribution in [0.1, 0.15) is 51.5 Å². The molecule has 1 atom stereocenters. The highest BCUT2D eigenvalue weighted by Gasteiger charge is 2.15. The smallest absolute Gasteiger partial charge is 0.165 e. The third kappa shape index (κ3) is 4.41. The van der Waals surface area contributed by atoms with Crippen molar-refractivity contribution in [1.82, 2.24) is 5.32 Å². The molecule has 1 heterocycles. The Balaban J connectivity index is 1.79. The molecular weight excluding hydrogens is 250 g/mol. The van der Waals surface area contributed by atoms with E-state index in [1.54, 1.807) is 0 Å². The van der Waals surface area contributed by atoms with Gasteiger partial charge in [-0.15, -0.1) is 0 Å². The lowest BCUT2D eigenvalue weighted by molar-refractivity contribution is 0.169. The third-order valence-electron chi connectivity index (χ3n) is 3.78. The molecule has 0 spiro atoms. The Morgan fingerprint density at radius 2 is 2.00 bits per heavy atom. The molecule has 0 saturated heterocycles. The van der Waals surface area contributed by atoms with Gasteiger partial charge in [0.25, 0.3) is 0 Å². The maximum absolute atomic E-state index is 5.73. The van der Waals surface area contributed by atoms with Gasteiger partial charge in [-0.1, -0.05) is 44.7 Å². The maximum atomic E-state index is 5.73. The molecule has 0 aliphatic carbocycles. The highest BCUT2D eigenvalue weighted by Crippen LogP contribution is 2.33. The Labute approximate surface area is 122 Å². The van der Waals surface area contributed by atoms with Gasteiger partial charge in [0.2, 0.25) is 0 Å². The van der Waals surface area contributed by atoms with Crippen LogP contribution in [0.15, 0.2) is 18.2 Å². The molecule has 0 saturated carbocycles. The van der Waals surface area contributed by atoms with Crippen LogP contribution in [0.5, 0.6) is 11.5 Å². The molecule has 0 fully saturated rings. The summed E-state index contributed by atoms with van der Waals surface area (Å²) in [4.78, 5) is 0. The number of nitrogens with one attached hydrogen (secondary N) is 1. The van der Waals surface area contributed by atoms with Gasteiger partial charge in [-0.25, -0.2) is 0 Å². The van der Waals surface area contributed by atoms with Crippen molar-refractivity contribution in [3.05, 3.63) is 23.8 Å². The van der Waals surface area contributed by atoms with Crippen LogP contribution in [0, 0.1) is 0 Å². The van der Waals surface area contributed by atoms with Crippen LogP contribution >= 0.6 is 0 Å². The minimum absolute atomic E-state index is 0.548. The van der Waals surface area contributed by atoms with Crippen molar-refractivity contribution in [2.24, 2.45) is 0 Å². The molecule has 0 radical (unpaired) electrons. The highest BCUT2D eigenvalue weighted by atomic mass is 16.6. The maximum Gasteiger partial charge on any atom is 0.165 e. The van der Waals surface area contributed by atoms with Crippen LogP contribution in [-0.2, 0) is 6.54 Å². The first kappa shape index (κ1) is 15.2. The molecule has 1 aliphatic heterocycles. The molecule has 1 aromatic rings. The molecule has 0 bridgehead atoms. The Morgan fingerprint density at radius 1 is 1.15 bits per heavy atom. The molecule has 1 aromatic carbocycles. The van der Waals surface area contributed by atoms with Crippen LogP contribution in [0.3, 0.4) is 0 Å². The molecule has 0 amide bonds. The predicted molar refractivity (Wildman–Crippen MR) is 82.5 cm³/mol. The molecule has 1 aliphatic rings. The minimum Gasteiger partial charge on any atom is -0.486 e. The molecule has 1 unspecified atom stereocenters. The Bertz CT molecular complexity index is 406. The number of para-hydroxylation sites is 1. The lowest BCUT2D eigenvalue weighted by Gasteiger charge is -2.22. The van der Waals surface area contributed by atoms with Crippen molar-refractivity contribution < 1.29 is 9.47 Å². The van der Waals surface area contributed by atoms with E-state index in [4.69, 9.17) is 9.47 Å². The van der Waals surface area contributed by atoms with Crippen LogP contribution in [0.25, 0.3) is 0 Å². The summed E-state index contributed by atoms with van der Waals surface area (Å²) < 4.78 is 11.3. The normalized spacial score (nSPS) is 15.1.